The maximum absolute atomic E-state index is 7.23. The van der Waals surface area contributed by atoms with E-state index in [4.69, 9.17) is 21.5 Å². The highest BCUT2D eigenvalue weighted by Gasteiger charge is 2.14. The third-order valence-corrected chi connectivity index (χ3v) is 8.58. The van der Waals surface area contributed by atoms with Crippen molar-refractivity contribution in [2.24, 2.45) is 0 Å². The van der Waals surface area contributed by atoms with Gasteiger partial charge >= 0.3 is 0 Å². The summed E-state index contributed by atoms with van der Waals surface area (Å²) in [5, 5.41) is 2.39. The van der Waals surface area contributed by atoms with Crippen LogP contribution >= 0.6 is 0 Å². The van der Waals surface area contributed by atoms with Gasteiger partial charge < -0.3 is 0 Å². The minimum Gasteiger partial charge on any atom is -0.238 e. The molecular weight excluding hydrogens is 585 g/mol. The van der Waals surface area contributed by atoms with Gasteiger partial charge in [-0.1, -0.05) is 170 Å². The fraction of sp³-hybridized carbons (Fsp3) is 0. The Morgan fingerprint density at radius 2 is 0.708 bits per heavy atom. The van der Waals surface area contributed by atoms with Crippen molar-refractivity contribution in [1.29, 1.82) is 0 Å². The predicted octanol–water partition coefficient (Wildman–Crippen LogP) is 11.6. The van der Waals surface area contributed by atoms with E-state index in [0.29, 0.717) is 23.2 Å². The zero-order chi connectivity index (χ0) is 32.3. The highest BCUT2D eigenvalue weighted by Crippen LogP contribution is 2.38. The first kappa shape index (κ1) is 28.8. The number of hydrogen-bond acceptors (Lipinski definition) is 3. The van der Waals surface area contributed by atoms with E-state index in [1.165, 1.54) is 21.9 Å². The van der Waals surface area contributed by atoms with Crippen LogP contribution in [0.4, 0.5) is 5.69 Å². The SMILES string of the molecule is [C-]#[N+]c1ccc(-c2ccc(-c3cccc4cccc(-c5ccc(-c6nc(-c7ccccc7)nc(-c7ccccc7)n6)cc5)c34)cc2)cc1. The fourth-order valence-electron chi connectivity index (χ4n) is 6.13. The molecule has 0 radical (unpaired) electrons. The first-order chi connectivity index (χ1) is 23.7. The molecule has 4 nitrogen and oxygen atoms in total. The minimum absolute atomic E-state index is 0.636. The summed E-state index contributed by atoms with van der Waals surface area (Å²) in [6.45, 7) is 7.23. The van der Waals surface area contributed by atoms with Gasteiger partial charge in [-0.05, 0) is 44.2 Å². The molecule has 0 saturated heterocycles. The topological polar surface area (TPSA) is 43.0 Å². The van der Waals surface area contributed by atoms with Crippen LogP contribution in [0.15, 0.2) is 170 Å². The van der Waals surface area contributed by atoms with Crippen LogP contribution in [-0.4, -0.2) is 15.0 Å². The van der Waals surface area contributed by atoms with Crippen LogP contribution in [0, 0.1) is 6.57 Å². The van der Waals surface area contributed by atoms with Crippen molar-refractivity contribution in [2.75, 3.05) is 0 Å². The molecule has 0 N–H and O–H groups in total. The Labute approximate surface area is 279 Å². The highest BCUT2D eigenvalue weighted by atomic mass is 15.0. The molecule has 0 bridgehead atoms. The molecule has 1 heterocycles. The highest BCUT2D eigenvalue weighted by molar-refractivity contribution is 6.06. The number of nitrogens with zero attached hydrogens (tertiary/aromatic N) is 4. The number of aromatic nitrogens is 3. The van der Waals surface area contributed by atoms with Gasteiger partial charge in [0, 0.05) is 16.7 Å². The Bertz CT molecular complexity index is 2350. The molecule has 7 aromatic carbocycles. The second kappa shape index (κ2) is 12.6. The lowest BCUT2D eigenvalue weighted by Crippen LogP contribution is -2.00. The molecule has 0 aliphatic rings. The number of rotatable bonds is 6. The Hall–Kier alpha value is -6.70. The van der Waals surface area contributed by atoms with E-state index in [1.807, 2.05) is 84.9 Å². The van der Waals surface area contributed by atoms with Crippen LogP contribution in [-0.2, 0) is 0 Å². The number of fused-ring (bicyclic) bond motifs is 1. The fourth-order valence-corrected chi connectivity index (χ4v) is 6.13. The largest absolute Gasteiger partial charge is 0.238 e. The molecule has 0 unspecified atom stereocenters. The van der Waals surface area contributed by atoms with Crippen LogP contribution < -0.4 is 0 Å². The summed E-state index contributed by atoms with van der Waals surface area (Å²) in [7, 11) is 0. The van der Waals surface area contributed by atoms with Crippen molar-refractivity contribution < 1.29 is 0 Å². The summed E-state index contributed by atoms with van der Waals surface area (Å²) < 4.78 is 0. The summed E-state index contributed by atoms with van der Waals surface area (Å²) in [5.74, 6) is 1.93. The van der Waals surface area contributed by atoms with Gasteiger partial charge in [0.1, 0.15) is 0 Å². The normalized spacial score (nSPS) is 10.9. The smallest absolute Gasteiger partial charge is 0.187 e. The molecule has 8 aromatic rings. The zero-order valence-electron chi connectivity index (χ0n) is 26.0. The van der Waals surface area contributed by atoms with Gasteiger partial charge in [0.05, 0.1) is 6.57 Å². The van der Waals surface area contributed by atoms with E-state index in [1.54, 1.807) is 0 Å². The van der Waals surface area contributed by atoms with Gasteiger partial charge in [0.15, 0.2) is 23.2 Å². The van der Waals surface area contributed by atoms with Crippen LogP contribution in [0.1, 0.15) is 0 Å². The van der Waals surface area contributed by atoms with Gasteiger partial charge in [-0.3, -0.25) is 0 Å². The summed E-state index contributed by atoms with van der Waals surface area (Å²) in [4.78, 5) is 18.2. The average molecular weight is 613 g/mol. The second-order valence-electron chi connectivity index (χ2n) is 11.6. The first-order valence-corrected chi connectivity index (χ1v) is 15.8. The van der Waals surface area contributed by atoms with Crippen LogP contribution in [0.2, 0.25) is 0 Å². The zero-order valence-corrected chi connectivity index (χ0v) is 26.0. The molecule has 0 amide bonds. The summed E-state index contributed by atoms with van der Waals surface area (Å²) in [6.07, 6.45) is 0. The Morgan fingerprint density at radius 3 is 1.15 bits per heavy atom. The second-order valence-corrected chi connectivity index (χ2v) is 11.6. The Kier molecular flexibility index (Phi) is 7.54. The first-order valence-electron chi connectivity index (χ1n) is 15.8. The number of hydrogen-bond donors (Lipinski definition) is 0. The van der Waals surface area contributed by atoms with Crippen molar-refractivity contribution in [1.82, 2.24) is 15.0 Å². The summed E-state index contributed by atoms with van der Waals surface area (Å²) in [5.41, 5.74) is 10.3. The molecule has 4 heteroatoms. The maximum Gasteiger partial charge on any atom is 0.187 e. The lowest BCUT2D eigenvalue weighted by atomic mass is 9.90. The third-order valence-electron chi connectivity index (χ3n) is 8.58. The summed E-state index contributed by atoms with van der Waals surface area (Å²) in [6, 6.07) is 58.0. The van der Waals surface area contributed by atoms with E-state index in [-0.39, 0.29) is 0 Å². The van der Waals surface area contributed by atoms with Crippen molar-refractivity contribution in [3.05, 3.63) is 181 Å². The Morgan fingerprint density at radius 1 is 0.333 bits per heavy atom. The van der Waals surface area contributed by atoms with Crippen molar-refractivity contribution in [2.45, 2.75) is 0 Å². The van der Waals surface area contributed by atoms with Crippen LogP contribution in [0.3, 0.4) is 0 Å². The molecule has 224 valence electrons. The van der Waals surface area contributed by atoms with Crippen LogP contribution in [0.25, 0.3) is 83.2 Å². The quantitative estimate of drug-likeness (QED) is 0.175. The maximum atomic E-state index is 7.23. The molecule has 0 aliphatic carbocycles. The molecule has 0 fully saturated rings. The molecule has 1 aromatic heterocycles. The van der Waals surface area contributed by atoms with E-state index >= 15 is 0 Å². The lowest BCUT2D eigenvalue weighted by Gasteiger charge is -2.14. The van der Waals surface area contributed by atoms with Gasteiger partial charge in [-0.15, -0.1) is 0 Å². The van der Waals surface area contributed by atoms with E-state index in [9.17, 15) is 0 Å². The molecular formula is C44H28N4. The van der Waals surface area contributed by atoms with Crippen molar-refractivity contribution in [3.8, 4) is 67.5 Å². The monoisotopic (exact) mass is 612 g/mol. The molecule has 0 saturated carbocycles. The van der Waals surface area contributed by atoms with Gasteiger partial charge in [0.2, 0.25) is 0 Å². The van der Waals surface area contributed by atoms with E-state index < -0.39 is 0 Å². The molecule has 0 atom stereocenters. The molecule has 0 spiro atoms. The Balaban J connectivity index is 1.17. The average Bonchev–Trinajstić information content (AvgIpc) is 3.18. The molecule has 8 rings (SSSR count). The lowest BCUT2D eigenvalue weighted by molar-refractivity contribution is 1.07. The predicted molar refractivity (Wildman–Crippen MR) is 196 cm³/mol. The van der Waals surface area contributed by atoms with E-state index in [0.717, 1.165) is 38.9 Å². The molecule has 48 heavy (non-hydrogen) atoms. The van der Waals surface area contributed by atoms with Gasteiger partial charge in [-0.25, -0.2) is 19.8 Å². The van der Waals surface area contributed by atoms with Crippen molar-refractivity contribution >= 4 is 16.5 Å². The molecule has 0 aliphatic heterocycles. The van der Waals surface area contributed by atoms with E-state index in [2.05, 4.69) is 89.8 Å². The summed E-state index contributed by atoms with van der Waals surface area (Å²) >= 11 is 0. The minimum atomic E-state index is 0.636. The third kappa shape index (κ3) is 5.62. The van der Waals surface area contributed by atoms with Gasteiger partial charge in [-0.2, -0.15) is 0 Å². The number of benzene rings is 7. The van der Waals surface area contributed by atoms with Crippen molar-refractivity contribution in [3.63, 3.8) is 0 Å². The van der Waals surface area contributed by atoms with Crippen LogP contribution in [0.5, 0.6) is 0 Å². The van der Waals surface area contributed by atoms with Gasteiger partial charge in [0.25, 0.3) is 0 Å². The standard InChI is InChI=1S/C44H28N4/c1-45-38-28-26-31(27-29-38)30-18-20-32(21-19-30)39-16-8-14-34-15-9-17-40(41(34)39)33-22-24-37(25-23-33)44-47-42(35-10-4-2-5-11-35)46-43(48-44)36-12-6-3-7-13-36/h2-29H.